The molecule has 0 radical (unpaired) electrons. The quantitative estimate of drug-likeness (QED) is 0.824. The molecule has 4 atom stereocenters. The summed E-state index contributed by atoms with van der Waals surface area (Å²) >= 11 is 0. The van der Waals surface area contributed by atoms with Gasteiger partial charge in [0.25, 0.3) is 0 Å². The molecule has 1 aliphatic carbocycles. The third kappa shape index (κ3) is 2.40. The van der Waals surface area contributed by atoms with E-state index in [0.717, 1.165) is 24.2 Å². The van der Waals surface area contributed by atoms with Crippen LogP contribution in [0, 0.1) is 17.7 Å². The van der Waals surface area contributed by atoms with Crippen molar-refractivity contribution in [3.63, 3.8) is 0 Å². The monoisotopic (exact) mass is 353 g/mol. The molecule has 3 aliphatic rings. The first-order chi connectivity index (χ1) is 12.5. The second kappa shape index (κ2) is 5.51. The zero-order valence-electron chi connectivity index (χ0n) is 14.5. The zero-order chi connectivity index (χ0) is 17.9. The minimum absolute atomic E-state index is 0.00666. The van der Waals surface area contributed by atoms with Gasteiger partial charge in [0.2, 0.25) is 11.8 Å². The van der Waals surface area contributed by atoms with Crippen LogP contribution in [-0.4, -0.2) is 36.6 Å². The van der Waals surface area contributed by atoms with E-state index in [0.29, 0.717) is 30.0 Å². The van der Waals surface area contributed by atoms with E-state index in [-0.39, 0.29) is 17.8 Å². The summed E-state index contributed by atoms with van der Waals surface area (Å²) in [5.74, 6) is 1.37. The molecule has 2 aliphatic heterocycles. The molecular weight excluding hydrogens is 333 g/mol. The Morgan fingerprint density at radius 3 is 2.54 bits per heavy atom. The lowest BCUT2D eigenvalue weighted by molar-refractivity contribution is -0.132. The fraction of sp³-hybridized carbons (Fsp3) is 0.400. The third-order valence-electron chi connectivity index (χ3n) is 5.95. The summed E-state index contributed by atoms with van der Waals surface area (Å²) in [6, 6.07) is 10.0. The molecule has 2 saturated heterocycles. The number of benzene rings is 1. The Labute approximate surface area is 151 Å². The van der Waals surface area contributed by atoms with Crippen LogP contribution < -0.4 is 15.4 Å². The number of pyridine rings is 1. The Kier molecular flexibility index (Phi) is 3.34. The normalized spacial score (nSPS) is 31.8. The van der Waals surface area contributed by atoms with Gasteiger partial charge in [0.1, 0.15) is 11.9 Å². The van der Waals surface area contributed by atoms with Crippen molar-refractivity contribution in [1.82, 2.24) is 15.6 Å². The van der Waals surface area contributed by atoms with E-state index in [1.54, 1.807) is 12.1 Å². The molecule has 5 nitrogen and oxygen atoms in total. The van der Waals surface area contributed by atoms with Crippen LogP contribution in [0.3, 0.4) is 0 Å². The number of fused-ring (bicyclic) bond motifs is 1. The average Bonchev–Trinajstić information content (AvgIpc) is 3.06. The van der Waals surface area contributed by atoms with Gasteiger partial charge in [-0.1, -0.05) is 0 Å². The number of piperidine rings is 1. The van der Waals surface area contributed by atoms with E-state index in [1.165, 1.54) is 12.1 Å². The highest BCUT2D eigenvalue weighted by atomic mass is 19.1. The van der Waals surface area contributed by atoms with Gasteiger partial charge >= 0.3 is 0 Å². The number of nitrogens with one attached hydrogen (secondary N) is 2. The standard InChI is InChI=1S/C20H20FN3O2/c1-20(10-23-19(20)25)12-6-16(11-2-4-13(21)5-3-11)24-17(7-12)26-18-14-8-22-9-15(14)18/h2-7,14-15,18,22H,8-10H2,1H3,(H,23,25)/t14-,15+,18?,20?. The van der Waals surface area contributed by atoms with Crippen molar-refractivity contribution in [2.45, 2.75) is 18.4 Å². The number of rotatable bonds is 4. The van der Waals surface area contributed by atoms with Gasteiger partial charge in [-0.15, -0.1) is 0 Å². The molecule has 2 aromatic rings. The summed E-state index contributed by atoms with van der Waals surface area (Å²) in [5, 5.41) is 6.16. The second-order valence-corrected chi connectivity index (χ2v) is 7.67. The van der Waals surface area contributed by atoms with Crippen LogP contribution in [0.15, 0.2) is 36.4 Å². The molecule has 26 heavy (non-hydrogen) atoms. The number of aromatic nitrogens is 1. The molecule has 2 N–H and O–H groups in total. The first-order valence-corrected chi connectivity index (χ1v) is 8.99. The van der Waals surface area contributed by atoms with Gasteiger partial charge in [0.05, 0.1) is 11.1 Å². The predicted octanol–water partition coefficient (Wildman–Crippen LogP) is 1.87. The molecule has 3 heterocycles. The van der Waals surface area contributed by atoms with E-state index in [2.05, 4.69) is 15.6 Å². The van der Waals surface area contributed by atoms with Crippen molar-refractivity contribution < 1.29 is 13.9 Å². The number of carbonyl (C=O) groups excluding carboxylic acids is 1. The highest BCUT2D eigenvalue weighted by Gasteiger charge is 2.55. The highest BCUT2D eigenvalue weighted by molar-refractivity contribution is 5.94. The van der Waals surface area contributed by atoms with Crippen molar-refractivity contribution in [3.05, 3.63) is 47.8 Å². The van der Waals surface area contributed by atoms with Crippen LogP contribution >= 0.6 is 0 Å². The number of nitrogens with zero attached hydrogens (tertiary/aromatic N) is 1. The van der Waals surface area contributed by atoms with Crippen LogP contribution in [0.4, 0.5) is 4.39 Å². The number of ether oxygens (including phenoxy) is 1. The molecule has 1 amide bonds. The maximum atomic E-state index is 13.3. The van der Waals surface area contributed by atoms with Crippen molar-refractivity contribution in [2.24, 2.45) is 11.8 Å². The summed E-state index contributed by atoms with van der Waals surface area (Å²) < 4.78 is 19.4. The molecule has 1 aromatic carbocycles. The highest BCUT2D eigenvalue weighted by Crippen LogP contribution is 2.45. The Bertz CT molecular complexity index is 875. The van der Waals surface area contributed by atoms with Gasteiger partial charge in [-0.2, -0.15) is 0 Å². The number of carbonyl (C=O) groups is 1. The molecule has 134 valence electrons. The molecule has 0 bridgehead atoms. The van der Waals surface area contributed by atoms with Crippen molar-refractivity contribution in [1.29, 1.82) is 0 Å². The molecule has 3 fully saturated rings. The molecule has 1 saturated carbocycles. The molecular formula is C20H20FN3O2. The topological polar surface area (TPSA) is 63.2 Å². The zero-order valence-corrected chi connectivity index (χ0v) is 14.5. The van der Waals surface area contributed by atoms with Crippen LogP contribution in [-0.2, 0) is 10.2 Å². The number of hydrogen-bond donors (Lipinski definition) is 2. The summed E-state index contributed by atoms with van der Waals surface area (Å²) in [4.78, 5) is 16.8. The molecule has 2 unspecified atom stereocenters. The van der Waals surface area contributed by atoms with Crippen LogP contribution in [0.1, 0.15) is 12.5 Å². The van der Waals surface area contributed by atoms with E-state index in [4.69, 9.17) is 4.74 Å². The van der Waals surface area contributed by atoms with Crippen molar-refractivity contribution in [3.8, 4) is 17.1 Å². The van der Waals surface area contributed by atoms with Crippen LogP contribution in [0.25, 0.3) is 11.3 Å². The Hall–Kier alpha value is -2.47. The van der Waals surface area contributed by atoms with E-state index >= 15 is 0 Å². The van der Waals surface area contributed by atoms with Crippen molar-refractivity contribution >= 4 is 5.91 Å². The first-order valence-electron chi connectivity index (χ1n) is 8.99. The second-order valence-electron chi connectivity index (χ2n) is 7.67. The summed E-state index contributed by atoms with van der Waals surface area (Å²) in [6.07, 6.45) is 0.197. The van der Waals surface area contributed by atoms with Gasteiger partial charge in [0.15, 0.2) is 0 Å². The van der Waals surface area contributed by atoms with Gasteiger partial charge in [0, 0.05) is 43.1 Å². The number of halogens is 1. The first kappa shape index (κ1) is 15.8. The Morgan fingerprint density at radius 2 is 1.92 bits per heavy atom. The van der Waals surface area contributed by atoms with E-state index < -0.39 is 5.41 Å². The fourth-order valence-corrected chi connectivity index (χ4v) is 3.99. The molecule has 1 aromatic heterocycles. The largest absolute Gasteiger partial charge is 0.474 e. The van der Waals surface area contributed by atoms with Gasteiger partial charge in [-0.05, 0) is 42.8 Å². The predicted molar refractivity (Wildman–Crippen MR) is 94.3 cm³/mol. The number of amides is 1. The van der Waals surface area contributed by atoms with Crippen LogP contribution in [0.5, 0.6) is 5.88 Å². The van der Waals surface area contributed by atoms with Gasteiger partial charge in [-0.3, -0.25) is 4.79 Å². The lowest BCUT2D eigenvalue weighted by Crippen LogP contribution is -2.60. The lowest BCUT2D eigenvalue weighted by atomic mass is 9.76. The molecule has 0 spiro atoms. The fourth-order valence-electron chi connectivity index (χ4n) is 3.99. The minimum Gasteiger partial charge on any atom is -0.474 e. The molecule has 5 rings (SSSR count). The average molecular weight is 353 g/mol. The summed E-state index contributed by atoms with van der Waals surface area (Å²) in [6.45, 7) is 4.49. The Morgan fingerprint density at radius 1 is 1.19 bits per heavy atom. The number of β-lactam (4-membered cyclic amide) rings is 1. The smallest absolute Gasteiger partial charge is 0.232 e. The van der Waals surface area contributed by atoms with Crippen LogP contribution in [0.2, 0.25) is 0 Å². The lowest BCUT2D eigenvalue weighted by Gasteiger charge is -2.38. The number of hydrogen-bond acceptors (Lipinski definition) is 4. The van der Waals surface area contributed by atoms with Crippen molar-refractivity contribution in [2.75, 3.05) is 19.6 Å². The van der Waals surface area contributed by atoms with E-state index in [9.17, 15) is 9.18 Å². The van der Waals surface area contributed by atoms with E-state index in [1.807, 2.05) is 19.1 Å². The Balaban J connectivity index is 1.52. The molecule has 6 heteroatoms. The third-order valence-corrected chi connectivity index (χ3v) is 5.95. The van der Waals surface area contributed by atoms with Gasteiger partial charge in [-0.25, -0.2) is 9.37 Å². The summed E-state index contributed by atoms with van der Waals surface area (Å²) in [7, 11) is 0. The SMILES string of the molecule is CC1(c2cc(OC3[C@H]4CNC[C@@H]34)nc(-c3ccc(F)cc3)c2)CNC1=O. The van der Waals surface area contributed by atoms with Gasteiger partial charge < -0.3 is 15.4 Å². The maximum Gasteiger partial charge on any atom is 0.232 e. The minimum atomic E-state index is -0.573. The maximum absolute atomic E-state index is 13.3. The summed E-state index contributed by atoms with van der Waals surface area (Å²) in [5.41, 5.74) is 1.81.